The number of hydrogen-bond acceptors (Lipinski definition) is 4. The minimum absolute atomic E-state index is 0.103. The second-order valence-electron chi connectivity index (χ2n) is 7.47. The van der Waals surface area contributed by atoms with Crippen LogP contribution in [0, 0.1) is 5.41 Å². The average molecular weight is 382 g/mol. The van der Waals surface area contributed by atoms with E-state index in [0.717, 1.165) is 16.9 Å². The molecule has 6 nitrogen and oxygen atoms in total. The number of ether oxygens (including phenoxy) is 1. The van der Waals surface area contributed by atoms with Crippen molar-refractivity contribution < 1.29 is 19.4 Å². The lowest BCUT2D eigenvalue weighted by Gasteiger charge is -2.19. The predicted octanol–water partition coefficient (Wildman–Crippen LogP) is 2.68. The quantitative estimate of drug-likeness (QED) is 0.734. The van der Waals surface area contributed by atoms with Crippen molar-refractivity contribution in [1.29, 1.82) is 0 Å². The standard InChI is InChI=1S/C22H26N2O4/c1-22(21(26)27)11-12-24(16-22)14-20(25)23-13-17-7-5-6-8-18(17)15-28-19-9-3-2-4-10-19/h2-10H,11-16H2,1H3,(H,23,25)(H,26,27). The Morgan fingerprint density at radius 3 is 2.46 bits per heavy atom. The Kier molecular flexibility index (Phi) is 6.31. The molecule has 1 saturated heterocycles. The fourth-order valence-corrected chi connectivity index (χ4v) is 3.37. The average Bonchev–Trinajstić information content (AvgIpc) is 3.08. The Labute approximate surface area is 165 Å². The molecule has 0 spiro atoms. The molecule has 1 unspecified atom stereocenters. The third kappa shape index (κ3) is 5.10. The van der Waals surface area contributed by atoms with Gasteiger partial charge in [-0.2, -0.15) is 0 Å². The van der Waals surface area contributed by atoms with Crippen molar-refractivity contribution in [3.8, 4) is 5.75 Å². The molecule has 1 heterocycles. The number of benzene rings is 2. The third-order valence-electron chi connectivity index (χ3n) is 5.17. The van der Waals surface area contributed by atoms with Gasteiger partial charge in [0.05, 0.1) is 12.0 Å². The maximum absolute atomic E-state index is 12.3. The first-order valence-corrected chi connectivity index (χ1v) is 9.43. The first kappa shape index (κ1) is 19.9. The summed E-state index contributed by atoms with van der Waals surface area (Å²) >= 11 is 0. The van der Waals surface area contributed by atoms with Crippen molar-refractivity contribution in [1.82, 2.24) is 10.2 Å². The van der Waals surface area contributed by atoms with Crippen LogP contribution in [0.4, 0.5) is 0 Å². The van der Waals surface area contributed by atoms with Crippen LogP contribution in [0.25, 0.3) is 0 Å². The molecule has 1 fully saturated rings. The molecule has 6 heteroatoms. The van der Waals surface area contributed by atoms with E-state index >= 15 is 0 Å². The van der Waals surface area contributed by atoms with E-state index in [-0.39, 0.29) is 12.5 Å². The van der Waals surface area contributed by atoms with E-state index in [4.69, 9.17) is 4.74 Å². The predicted molar refractivity (Wildman–Crippen MR) is 106 cm³/mol. The number of carbonyl (C=O) groups excluding carboxylic acids is 1. The van der Waals surface area contributed by atoms with Crippen molar-refractivity contribution in [2.45, 2.75) is 26.5 Å². The Bertz CT molecular complexity index is 824. The Morgan fingerprint density at radius 1 is 1.11 bits per heavy atom. The summed E-state index contributed by atoms with van der Waals surface area (Å²) in [6, 6.07) is 17.5. The van der Waals surface area contributed by atoms with Crippen LogP contribution in [0.3, 0.4) is 0 Å². The van der Waals surface area contributed by atoms with E-state index in [1.54, 1.807) is 6.92 Å². The maximum atomic E-state index is 12.3. The summed E-state index contributed by atoms with van der Waals surface area (Å²) in [7, 11) is 0. The topological polar surface area (TPSA) is 78.9 Å². The van der Waals surface area contributed by atoms with Crippen molar-refractivity contribution in [2.24, 2.45) is 5.41 Å². The van der Waals surface area contributed by atoms with Crippen LogP contribution in [-0.2, 0) is 22.7 Å². The van der Waals surface area contributed by atoms with Crippen molar-refractivity contribution in [3.05, 3.63) is 65.7 Å². The van der Waals surface area contributed by atoms with Crippen LogP contribution in [0.5, 0.6) is 5.75 Å². The minimum atomic E-state index is -0.803. The number of carbonyl (C=O) groups is 2. The highest BCUT2D eigenvalue weighted by molar-refractivity contribution is 5.79. The molecule has 2 N–H and O–H groups in total. The maximum Gasteiger partial charge on any atom is 0.310 e. The molecule has 0 bridgehead atoms. The molecular formula is C22H26N2O4. The Morgan fingerprint density at radius 2 is 1.79 bits per heavy atom. The number of carboxylic acid groups (broad SMARTS) is 1. The van der Waals surface area contributed by atoms with Gasteiger partial charge >= 0.3 is 5.97 Å². The highest BCUT2D eigenvalue weighted by Gasteiger charge is 2.40. The molecule has 1 aliphatic rings. The highest BCUT2D eigenvalue weighted by atomic mass is 16.5. The molecule has 0 saturated carbocycles. The number of hydrogen-bond donors (Lipinski definition) is 2. The van der Waals surface area contributed by atoms with Gasteiger partial charge in [0, 0.05) is 13.1 Å². The van der Waals surface area contributed by atoms with Gasteiger partial charge in [-0.25, -0.2) is 0 Å². The smallest absolute Gasteiger partial charge is 0.310 e. The van der Waals surface area contributed by atoms with E-state index in [1.165, 1.54) is 0 Å². The first-order chi connectivity index (χ1) is 13.5. The summed E-state index contributed by atoms with van der Waals surface area (Å²) < 4.78 is 5.82. The van der Waals surface area contributed by atoms with E-state index in [9.17, 15) is 14.7 Å². The zero-order chi connectivity index (χ0) is 20.0. The fourth-order valence-electron chi connectivity index (χ4n) is 3.37. The van der Waals surface area contributed by atoms with Gasteiger partial charge in [-0.05, 0) is 43.1 Å². The number of nitrogens with zero attached hydrogens (tertiary/aromatic N) is 1. The van der Waals surface area contributed by atoms with Gasteiger partial charge in [-0.1, -0.05) is 42.5 Å². The zero-order valence-electron chi connectivity index (χ0n) is 16.1. The van der Waals surface area contributed by atoms with Crippen LogP contribution >= 0.6 is 0 Å². The van der Waals surface area contributed by atoms with E-state index in [0.29, 0.717) is 32.7 Å². The highest BCUT2D eigenvalue weighted by Crippen LogP contribution is 2.29. The lowest BCUT2D eigenvalue weighted by atomic mass is 9.90. The van der Waals surface area contributed by atoms with Crippen molar-refractivity contribution in [3.63, 3.8) is 0 Å². The summed E-state index contributed by atoms with van der Waals surface area (Å²) in [5, 5.41) is 12.2. The molecule has 2 aromatic carbocycles. The lowest BCUT2D eigenvalue weighted by molar-refractivity contribution is -0.147. The number of rotatable bonds is 8. The monoisotopic (exact) mass is 382 g/mol. The molecule has 2 aromatic rings. The molecule has 148 valence electrons. The molecule has 1 amide bonds. The molecule has 3 rings (SSSR count). The number of para-hydroxylation sites is 1. The second kappa shape index (κ2) is 8.89. The fraction of sp³-hybridized carbons (Fsp3) is 0.364. The third-order valence-corrected chi connectivity index (χ3v) is 5.17. The summed E-state index contributed by atoms with van der Waals surface area (Å²) in [4.78, 5) is 25.5. The molecule has 0 radical (unpaired) electrons. The van der Waals surface area contributed by atoms with Gasteiger partial charge in [0.1, 0.15) is 12.4 Å². The molecular weight excluding hydrogens is 356 g/mol. The number of amides is 1. The van der Waals surface area contributed by atoms with Gasteiger partial charge in [0.15, 0.2) is 0 Å². The molecule has 0 aliphatic carbocycles. The SMILES string of the molecule is CC1(C(=O)O)CCN(CC(=O)NCc2ccccc2COc2ccccc2)C1. The molecule has 1 aliphatic heterocycles. The first-order valence-electron chi connectivity index (χ1n) is 9.43. The number of nitrogens with one attached hydrogen (secondary N) is 1. The van der Waals surface area contributed by atoms with Crippen LogP contribution in [0.15, 0.2) is 54.6 Å². The minimum Gasteiger partial charge on any atom is -0.489 e. The van der Waals surface area contributed by atoms with E-state index in [2.05, 4.69) is 5.32 Å². The van der Waals surface area contributed by atoms with Crippen LogP contribution in [0.2, 0.25) is 0 Å². The summed E-state index contributed by atoms with van der Waals surface area (Å²) in [6.07, 6.45) is 0.565. The lowest BCUT2D eigenvalue weighted by Crippen LogP contribution is -2.38. The van der Waals surface area contributed by atoms with Crippen molar-refractivity contribution >= 4 is 11.9 Å². The number of aliphatic carboxylic acids is 1. The van der Waals surface area contributed by atoms with Gasteiger partial charge in [0.2, 0.25) is 5.91 Å². The Balaban J connectivity index is 1.50. The van der Waals surface area contributed by atoms with E-state index < -0.39 is 11.4 Å². The largest absolute Gasteiger partial charge is 0.489 e. The zero-order valence-corrected chi connectivity index (χ0v) is 16.1. The number of likely N-dealkylation sites (tertiary alicyclic amines) is 1. The van der Waals surface area contributed by atoms with Gasteiger partial charge in [0.25, 0.3) is 0 Å². The van der Waals surface area contributed by atoms with Crippen molar-refractivity contribution in [2.75, 3.05) is 19.6 Å². The summed E-state index contributed by atoms with van der Waals surface area (Å²) in [6.45, 7) is 3.81. The van der Waals surface area contributed by atoms with Gasteiger partial charge in [-0.3, -0.25) is 14.5 Å². The van der Waals surface area contributed by atoms with Crippen LogP contribution in [0.1, 0.15) is 24.5 Å². The van der Waals surface area contributed by atoms with Crippen LogP contribution in [-0.4, -0.2) is 41.5 Å². The van der Waals surface area contributed by atoms with Gasteiger partial charge in [-0.15, -0.1) is 0 Å². The molecule has 0 aromatic heterocycles. The molecule has 28 heavy (non-hydrogen) atoms. The second-order valence-corrected chi connectivity index (χ2v) is 7.47. The molecule has 1 atom stereocenters. The van der Waals surface area contributed by atoms with E-state index in [1.807, 2.05) is 59.5 Å². The normalized spacial score (nSPS) is 19.3. The Hall–Kier alpha value is -2.86. The summed E-state index contributed by atoms with van der Waals surface area (Å²) in [5.41, 5.74) is 1.26. The van der Waals surface area contributed by atoms with Gasteiger partial charge < -0.3 is 15.2 Å². The van der Waals surface area contributed by atoms with Crippen LogP contribution < -0.4 is 10.1 Å². The summed E-state index contributed by atoms with van der Waals surface area (Å²) in [5.74, 6) is -0.104. The number of carboxylic acids is 1.